The van der Waals surface area contributed by atoms with Crippen LogP contribution in [0.3, 0.4) is 0 Å². The van der Waals surface area contributed by atoms with Crippen LogP contribution in [0.1, 0.15) is 27.2 Å². The highest BCUT2D eigenvalue weighted by Crippen LogP contribution is 2.17. The van der Waals surface area contributed by atoms with E-state index in [4.69, 9.17) is 25.1 Å². The van der Waals surface area contributed by atoms with Crippen LogP contribution in [-0.2, 0) is 13.3 Å². The van der Waals surface area contributed by atoms with Gasteiger partial charge in [0.2, 0.25) is 0 Å². The Hall–Kier alpha value is -0.453. The van der Waals surface area contributed by atoms with Crippen molar-refractivity contribution in [1.82, 2.24) is 0 Å². The van der Waals surface area contributed by atoms with Crippen LogP contribution in [0.15, 0.2) is 0 Å². The average Bonchev–Trinajstić information content (AvgIpc) is 2.30. The summed E-state index contributed by atoms with van der Waals surface area (Å²) in [5, 5.41) is 6.25. The molecule has 0 atom stereocenters. The summed E-state index contributed by atoms with van der Waals surface area (Å²) in [6.07, 6.45) is 1.01. The third-order valence-corrected chi connectivity index (χ3v) is 4.98. The van der Waals surface area contributed by atoms with Crippen molar-refractivity contribution in [2.24, 2.45) is 0 Å². The maximum absolute atomic E-state index is 6.25. The van der Waals surface area contributed by atoms with E-state index < -0.39 is 8.80 Å². The van der Waals surface area contributed by atoms with E-state index in [-0.39, 0.29) is 0 Å². The highest BCUT2D eigenvalue weighted by Gasteiger charge is 2.39. The minimum absolute atomic E-state index is 0.656. The molecule has 0 aromatic carbocycles. The molecule has 0 fully saturated rings. The molecule has 0 aromatic heterocycles. The summed E-state index contributed by atoms with van der Waals surface area (Å²) in [5.74, 6) is 0. The predicted octanol–water partition coefficient (Wildman–Crippen LogP) is 0.763. The van der Waals surface area contributed by atoms with Gasteiger partial charge >= 0.3 is 8.80 Å². The lowest BCUT2D eigenvalue weighted by Gasteiger charge is -2.27. The quantitative estimate of drug-likeness (QED) is 0.483. The zero-order chi connectivity index (χ0) is 12.9. The summed E-state index contributed by atoms with van der Waals surface area (Å²) in [6.45, 7) is 13.6. The molecule has 0 amide bonds. The fraction of sp³-hybridized carbons (Fsp3) is 0.900. The van der Waals surface area contributed by atoms with Gasteiger partial charge in [-0.2, -0.15) is 0 Å². The number of rotatable bonds is 9. The van der Waals surface area contributed by atoms with Crippen LogP contribution in [0.2, 0.25) is 6.04 Å². The molecule has 6 heteroatoms. The summed E-state index contributed by atoms with van der Waals surface area (Å²) in [6, 6.07) is 0.881. The van der Waals surface area contributed by atoms with Crippen molar-refractivity contribution < 1.29 is 19.0 Å². The van der Waals surface area contributed by atoms with E-state index in [1.807, 2.05) is 20.8 Å². The molecule has 0 saturated carbocycles. The second kappa shape index (κ2) is 12.6. The topological polar surface area (TPSA) is 79.1 Å². The largest absolute Gasteiger partial charge is 0.512 e. The fourth-order valence-corrected chi connectivity index (χ4v) is 4.03. The molecule has 16 heavy (non-hydrogen) atoms. The molecule has 96 valence electrons. The first-order valence-corrected chi connectivity index (χ1v) is 7.61. The van der Waals surface area contributed by atoms with Crippen LogP contribution in [0.4, 0.5) is 0 Å². The molecule has 0 aliphatic carbocycles. The fourth-order valence-electron chi connectivity index (χ4n) is 1.34. The highest BCUT2D eigenvalue weighted by atomic mass is 28.4. The van der Waals surface area contributed by atoms with Gasteiger partial charge in [0.1, 0.15) is 0 Å². The second-order valence-corrected chi connectivity index (χ2v) is 5.67. The molecule has 0 rings (SSSR count). The molecule has 0 aliphatic heterocycles. The average molecular weight is 248 g/mol. The number of quaternary nitrogens is 1. The number of hydrogen-bond donors (Lipinski definition) is 1. The lowest BCUT2D eigenvalue weighted by atomic mass is 10.5. The first-order valence-electron chi connectivity index (χ1n) is 5.68. The van der Waals surface area contributed by atoms with Crippen molar-refractivity contribution in [3.8, 4) is 0 Å². The Kier molecular flexibility index (Phi) is 14.1. The molecule has 0 radical (unpaired) electrons. The van der Waals surface area contributed by atoms with Gasteiger partial charge in [0, 0.05) is 32.3 Å². The summed E-state index contributed by atoms with van der Waals surface area (Å²) in [4.78, 5) is 0. The van der Waals surface area contributed by atoms with E-state index in [1.54, 1.807) is 0 Å². The molecule has 0 heterocycles. The Morgan fingerprint density at radius 3 is 1.62 bits per heavy atom. The van der Waals surface area contributed by atoms with Crippen LogP contribution in [0.25, 0.3) is 0 Å². The van der Waals surface area contributed by atoms with Gasteiger partial charge in [-0.25, -0.2) is 0 Å². The molecule has 0 aromatic rings. The smallest absolute Gasteiger partial charge is 0.501 e. The zero-order valence-electron chi connectivity index (χ0n) is 10.6. The summed E-state index contributed by atoms with van der Waals surface area (Å²) < 4.78 is 17.0. The highest BCUT2D eigenvalue weighted by molar-refractivity contribution is 6.60. The van der Waals surface area contributed by atoms with Crippen molar-refractivity contribution in [2.45, 2.75) is 33.2 Å². The second-order valence-electron chi connectivity index (χ2n) is 2.94. The Balaban J connectivity index is 0. The van der Waals surface area contributed by atoms with E-state index in [0.29, 0.717) is 19.8 Å². The van der Waals surface area contributed by atoms with Crippen molar-refractivity contribution >= 4 is 8.80 Å². The van der Waals surface area contributed by atoms with Crippen LogP contribution >= 0.6 is 0 Å². The molecular weight excluding hydrogens is 224 g/mol. The van der Waals surface area contributed by atoms with Crippen molar-refractivity contribution in [2.75, 3.05) is 26.4 Å². The molecule has 5 nitrogen and oxygen atoms in total. The Morgan fingerprint density at radius 2 is 1.38 bits per heavy atom. The molecule has 0 saturated heterocycles. The van der Waals surface area contributed by atoms with Crippen molar-refractivity contribution in [1.29, 1.82) is 5.26 Å². The van der Waals surface area contributed by atoms with E-state index >= 15 is 0 Å². The van der Waals surface area contributed by atoms with Gasteiger partial charge in [-0.15, -0.1) is 0 Å². The van der Waals surface area contributed by atoms with Crippen molar-refractivity contribution in [3.63, 3.8) is 0 Å². The van der Waals surface area contributed by atoms with Gasteiger partial charge in [0.05, 0.1) is 6.54 Å². The Bertz CT molecular complexity index is 150. The van der Waals surface area contributed by atoms with Gasteiger partial charge < -0.3 is 30.8 Å². The van der Waals surface area contributed by atoms with Crippen LogP contribution < -0.4 is 5.73 Å². The summed E-state index contributed by atoms with van der Waals surface area (Å²) in [5.41, 5.74) is 3.82. The standard InChI is InChI=1S/C9H23NO3Si.CN/c1-4-11-14(12-5-2,13-6-3)9-7-8-10;1-2/h4-10H2,1-3H3;/q;-1/p+1. The van der Waals surface area contributed by atoms with Gasteiger partial charge in [0.15, 0.2) is 0 Å². The van der Waals surface area contributed by atoms with Crippen LogP contribution in [0, 0.1) is 11.8 Å². The van der Waals surface area contributed by atoms with Gasteiger partial charge in [-0.3, -0.25) is 0 Å². The molecule has 0 spiro atoms. The molecule has 0 bridgehead atoms. The normalized spacial score (nSPS) is 10.6. The first-order chi connectivity index (χ1) is 7.74. The monoisotopic (exact) mass is 248 g/mol. The lowest BCUT2D eigenvalue weighted by molar-refractivity contribution is -0.367. The molecule has 0 unspecified atom stereocenters. The number of hydrogen-bond acceptors (Lipinski definition) is 4. The van der Waals surface area contributed by atoms with E-state index in [9.17, 15) is 0 Å². The summed E-state index contributed by atoms with van der Waals surface area (Å²) >= 11 is 0. The number of nitrogens with zero attached hydrogens (tertiary/aromatic N) is 1. The minimum atomic E-state index is -2.36. The maximum atomic E-state index is 6.25. The third-order valence-electron chi connectivity index (χ3n) is 1.83. The molecule has 0 aliphatic rings. The molecular formula is C10H24N2O3Si. The van der Waals surface area contributed by atoms with E-state index in [0.717, 1.165) is 19.0 Å². The van der Waals surface area contributed by atoms with E-state index in [1.165, 1.54) is 0 Å². The third kappa shape index (κ3) is 7.79. The predicted molar refractivity (Wildman–Crippen MR) is 62.8 cm³/mol. The van der Waals surface area contributed by atoms with Gasteiger partial charge in [-0.05, 0) is 20.8 Å². The zero-order valence-corrected chi connectivity index (χ0v) is 11.6. The van der Waals surface area contributed by atoms with E-state index in [2.05, 4.69) is 5.73 Å². The minimum Gasteiger partial charge on any atom is -0.512 e. The van der Waals surface area contributed by atoms with Crippen molar-refractivity contribution in [3.05, 3.63) is 6.57 Å². The Morgan fingerprint density at radius 1 is 1.00 bits per heavy atom. The van der Waals surface area contributed by atoms with Crippen LogP contribution in [-0.4, -0.2) is 35.2 Å². The summed E-state index contributed by atoms with van der Waals surface area (Å²) in [7, 11) is -2.36. The molecule has 3 N–H and O–H groups in total. The maximum Gasteiger partial charge on any atom is 0.501 e. The van der Waals surface area contributed by atoms with Crippen LogP contribution in [0.5, 0.6) is 0 Å². The first kappa shape index (κ1) is 17.9. The lowest BCUT2D eigenvalue weighted by Crippen LogP contribution is -2.52. The van der Waals surface area contributed by atoms with Gasteiger partial charge in [0.25, 0.3) is 0 Å². The Labute approximate surface area is 99.9 Å². The van der Waals surface area contributed by atoms with Gasteiger partial charge in [-0.1, -0.05) is 0 Å². The SMILES string of the molecule is CCO[Si](CCC[NH3+])(OCC)OCC.[C-]#N.